The summed E-state index contributed by atoms with van der Waals surface area (Å²) < 4.78 is 11.4. The number of likely N-dealkylation sites (tertiary alicyclic amines) is 1. The molecule has 2 aromatic rings. The highest BCUT2D eigenvalue weighted by Crippen LogP contribution is 2.24. The summed E-state index contributed by atoms with van der Waals surface area (Å²) in [6.45, 7) is 3.11. The molecule has 4 heteroatoms. The fourth-order valence-electron chi connectivity index (χ4n) is 3.40. The highest BCUT2D eigenvalue weighted by atomic mass is 32.2. The lowest BCUT2D eigenvalue weighted by molar-refractivity contribution is 0.0925. The Labute approximate surface area is 152 Å². The molecular weight excluding hydrogens is 330 g/mol. The number of piperidine rings is 1. The van der Waals surface area contributed by atoms with Crippen molar-refractivity contribution in [3.63, 3.8) is 0 Å². The van der Waals surface area contributed by atoms with Crippen molar-refractivity contribution in [1.29, 1.82) is 0 Å². The molecule has 0 spiro atoms. The maximum atomic E-state index is 12.5. The zero-order valence-electron chi connectivity index (χ0n) is 14.7. The maximum Gasteiger partial charge on any atom is 0.163 e. The van der Waals surface area contributed by atoms with Gasteiger partial charge in [0.1, 0.15) is 0 Å². The van der Waals surface area contributed by atoms with E-state index in [1.165, 1.54) is 5.56 Å². The number of nitrogens with zero attached hydrogens (tertiary/aromatic N) is 1. The van der Waals surface area contributed by atoms with Crippen molar-refractivity contribution in [1.82, 2.24) is 4.90 Å². The van der Waals surface area contributed by atoms with E-state index < -0.39 is 10.8 Å². The zero-order chi connectivity index (χ0) is 17.6. The Hall–Kier alpha value is -1.78. The summed E-state index contributed by atoms with van der Waals surface area (Å²) in [5, 5.41) is 0. The number of carbonyl (C=O) groups excluding carboxylic acids is 1. The third kappa shape index (κ3) is 5.10. The van der Waals surface area contributed by atoms with Gasteiger partial charge in [-0.2, -0.15) is 0 Å². The molecule has 3 rings (SSSR count). The monoisotopic (exact) mass is 355 g/mol. The van der Waals surface area contributed by atoms with Crippen LogP contribution in [0.15, 0.2) is 59.5 Å². The van der Waals surface area contributed by atoms with Gasteiger partial charge in [0.05, 0.1) is 0 Å². The smallest absolute Gasteiger partial charge is 0.163 e. The van der Waals surface area contributed by atoms with E-state index in [2.05, 4.69) is 29.2 Å². The van der Waals surface area contributed by atoms with Crippen molar-refractivity contribution in [3.05, 3.63) is 65.7 Å². The molecule has 0 aromatic heterocycles. The molecule has 1 heterocycles. The van der Waals surface area contributed by atoms with Gasteiger partial charge in [0.15, 0.2) is 5.78 Å². The van der Waals surface area contributed by atoms with E-state index >= 15 is 0 Å². The van der Waals surface area contributed by atoms with Crippen LogP contribution in [0.3, 0.4) is 0 Å². The first-order valence-electron chi connectivity index (χ1n) is 8.85. The lowest BCUT2D eigenvalue weighted by Crippen LogP contribution is -2.33. The predicted octanol–water partition coefficient (Wildman–Crippen LogP) is 3.91. The van der Waals surface area contributed by atoms with Gasteiger partial charge in [-0.05, 0) is 49.5 Å². The van der Waals surface area contributed by atoms with Crippen LogP contribution in [0.4, 0.5) is 0 Å². The summed E-state index contributed by atoms with van der Waals surface area (Å²) in [6, 6.07) is 17.8. The molecular formula is C21H25NO2S. The van der Waals surface area contributed by atoms with Crippen LogP contribution in [0.2, 0.25) is 0 Å². The van der Waals surface area contributed by atoms with E-state index in [9.17, 15) is 9.00 Å². The summed E-state index contributed by atoms with van der Waals surface area (Å²) in [5.41, 5.74) is 2.09. The number of rotatable bonds is 6. The van der Waals surface area contributed by atoms with Gasteiger partial charge in [0.25, 0.3) is 0 Å². The first kappa shape index (κ1) is 18.0. The average molecular weight is 356 g/mol. The van der Waals surface area contributed by atoms with Crippen LogP contribution in [0.25, 0.3) is 0 Å². The van der Waals surface area contributed by atoms with E-state index in [0.717, 1.165) is 42.9 Å². The lowest BCUT2D eigenvalue weighted by atomic mass is 9.89. The van der Waals surface area contributed by atoms with Gasteiger partial charge in [-0.15, -0.1) is 0 Å². The quantitative estimate of drug-likeness (QED) is 0.737. The van der Waals surface area contributed by atoms with Gasteiger partial charge in [0, 0.05) is 40.5 Å². The first-order chi connectivity index (χ1) is 12.1. The van der Waals surface area contributed by atoms with Gasteiger partial charge in [-0.25, -0.2) is 0 Å². The van der Waals surface area contributed by atoms with Crippen LogP contribution in [-0.4, -0.2) is 34.2 Å². The Morgan fingerprint density at radius 3 is 2.28 bits per heavy atom. The van der Waals surface area contributed by atoms with Gasteiger partial charge < -0.3 is 0 Å². The molecule has 0 saturated carbocycles. The Bertz CT molecular complexity index is 719. The minimum atomic E-state index is -0.995. The predicted molar refractivity (Wildman–Crippen MR) is 102 cm³/mol. The summed E-state index contributed by atoms with van der Waals surface area (Å²) in [7, 11) is -0.995. The Kier molecular flexibility index (Phi) is 6.16. The Morgan fingerprint density at radius 2 is 1.68 bits per heavy atom. The molecule has 1 unspecified atom stereocenters. The molecule has 1 saturated heterocycles. The molecule has 0 aliphatic carbocycles. The minimum Gasteiger partial charge on any atom is -0.299 e. The second-order valence-corrected chi connectivity index (χ2v) is 8.19. The number of carbonyl (C=O) groups is 1. The average Bonchev–Trinajstić information content (AvgIpc) is 2.64. The molecule has 25 heavy (non-hydrogen) atoms. The molecule has 1 aliphatic heterocycles. The normalized spacial score (nSPS) is 17.3. The number of hydrogen-bond donors (Lipinski definition) is 0. The fraction of sp³-hybridized carbons (Fsp3) is 0.381. The van der Waals surface area contributed by atoms with E-state index in [1.807, 2.05) is 18.2 Å². The van der Waals surface area contributed by atoms with Crippen LogP contribution >= 0.6 is 0 Å². The molecule has 0 amide bonds. The number of benzene rings is 2. The zero-order valence-corrected chi connectivity index (χ0v) is 15.5. The van der Waals surface area contributed by atoms with E-state index in [1.54, 1.807) is 18.4 Å². The van der Waals surface area contributed by atoms with E-state index in [0.29, 0.717) is 12.3 Å². The van der Waals surface area contributed by atoms with Crippen LogP contribution in [0, 0.1) is 5.92 Å². The standard InChI is InChI=1S/C21H25NO2S/c1-25(24)20-9-7-19(8-10-20)21(23)15-17-11-13-22(14-12-17)16-18-5-3-2-4-6-18/h2-10,17H,11-16H2,1H3. The molecule has 0 bridgehead atoms. The SMILES string of the molecule is CS(=O)c1ccc(C(=O)CC2CCN(Cc3ccccc3)CC2)cc1. The van der Waals surface area contributed by atoms with Crippen LogP contribution in [-0.2, 0) is 17.3 Å². The molecule has 3 nitrogen and oxygen atoms in total. The molecule has 132 valence electrons. The Balaban J connectivity index is 1.48. The van der Waals surface area contributed by atoms with Crippen molar-refractivity contribution in [2.24, 2.45) is 5.92 Å². The maximum absolute atomic E-state index is 12.5. The highest BCUT2D eigenvalue weighted by Gasteiger charge is 2.22. The largest absolute Gasteiger partial charge is 0.299 e. The third-order valence-corrected chi connectivity index (χ3v) is 5.87. The molecule has 0 N–H and O–H groups in total. The van der Waals surface area contributed by atoms with Crippen LogP contribution in [0.5, 0.6) is 0 Å². The second-order valence-electron chi connectivity index (χ2n) is 6.81. The van der Waals surface area contributed by atoms with Crippen LogP contribution < -0.4 is 0 Å². The lowest BCUT2D eigenvalue weighted by Gasteiger charge is -2.31. The van der Waals surface area contributed by atoms with Crippen molar-refractivity contribution in [3.8, 4) is 0 Å². The highest BCUT2D eigenvalue weighted by molar-refractivity contribution is 7.84. The molecule has 1 aliphatic rings. The number of ketones is 1. The number of Topliss-reactive ketones (excluding diaryl/α,β-unsaturated/α-hetero) is 1. The molecule has 1 fully saturated rings. The van der Waals surface area contributed by atoms with Crippen molar-refractivity contribution in [2.75, 3.05) is 19.3 Å². The van der Waals surface area contributed by atoms with Gasteiger partial charge in [-0.1, -0.05) is 42.5 Å². The van der Waals surface area contributed by atoms with Crippen LogP contribution in [0.1, 0.15) is 35.2 Å². The summed E-state index contributed by atoms with van der Waals surface area (Å²) in [4.78, 5) is 15.7. The van der Waals surface area contributed by atoms with Crippen molar-refractivity contribution < 1.29 is 9.00 Å². The number of hydrogen-bond acceptors (Lipinski definition) is 3. The molecule has 2 aromatic carbocycles. The molecule has 0 radical (unpaired) electrons. The molecule has 1 atom stereocenters. The van der Waals surface area contributed by atoms with Gasteiger partial charge >= 0.3 is 0 Å². The van der Waals surface area contributed by atoms with Crippen molar-refractivity contribution >= 4 is 16.6 Å². The summed E-state index contributed by atoms with van der Waals surface area (Å²) in [5.74, 6) is 0.675. The van der Waals surface area contributed by atoms with Gasteiger partial charge in [0.2, 0.25) is 0 Å². The second kappa shape index (κ2) is 8.54. The third-order valence-electron chi connectivity index (χ3n) is 4.94. The van der Waals surface area contributed by atoms with Gasteiger partial charge in [-0.3, -0.25) is 13.9 Å². The summed E-state index contributed by atoms with van der Waals surface area (Å²) in [6.07, 6.45) is 4.43. The topological polar surface area (TPSA) is 37.4 Å². The fourth-order valence-corrected chi connectivity index (χ4v) is 3.92. The van der Waals surface area contributed by atoms with Crippen molar-refractivity contribution in [2.45, 2.75) is 30.7 Å². The minimum absolute atomic E-state index is 0.204. The van der Waals surface area contributed by atoms with E-state index in [-0.39, 0.29) is 5.78 Å². The first-order valence-corrected chi connectivity index (χ1v) is 10.4. The van der Waals surface area contributed by atoms with E-state index in [4.69, 9.17) is 0 Å². The summed E-state index contributed by atoms with van der Waals surface area (Å²) >= 11 is 0. The Morgan fingerprint density at radius 1 is 1.04 bits per heavy atom.